The number of nitrogens with zero attached hydrogens (tertiary/aromatic N) is 4. The second-order valence-electron chi connectivity index (χ2n) is 7.47. The minimum Gasteiger partial charge on any atom is -0.295 e. The predicted octanol–water partition coefficient (Wildman–Crippen LogP) is 4.94. The molecular weight excluding hydrogens is 434 g/mol. The Balaban J connectivity index is 1.72. The van der Waals surface area contributed by atoms with Crippen molar-refractivity contribution < 1.29 is 18.4 Å². The highest BCUT2D eigenvalue weighted by atomic mass is 32.1. The van der Waals surface area contributed by atoms with Crippen LogP contribution >= 0.6 is 11.3 Å². The van der Waals surface area contributed by atoms with Crippen molar-refractivity contribution in [3.63, 3.8) is 0 Å². The zero-order valence-corrected chi connectivity index (χ0v) is 18.5. The summed E-state index contributed by atoms with van der Waals surface area (Å²) >= 11 is 1.04. The Morgan fingerprint density at radius 3 is 2.38 bits per heavy atom. The number of halogens is 2. The van der Waals surface area contributed by atoms with E-state index in [0.29, 0.717) is 22.4 Å². The molecule has 32 heavy (non-hydrogen) atoms. The molecule has 0 saturated heterocycles. The van der Waals surface area contributed by atoms with Crippen molar-refractivity contribution in [3.05, 3.63) is 76.6 Å². The van der Waals surface area contributed by atoms with Gasteiger partial charge in [-0.25, -0.2) is 13.8 Å². The van der Waals surface area contributed by atoms with E-state index in [1.807, 2.05) is 19.9 Å². The van der Waals surface area contributed by atoms with Crippen LogP contribution < -0.4 is 4.90 Å². The summed E-state index contributed by atoms with van der Waals surface area (Å²) in [7, 11) is 0. The van der Waals surface area contributed by atoms with E-state index in [2.05, 4.69) is 10.1 Å². The number of carbonyl (C=O) groups excluding carboxylic acids is 2. The third kappa shape index (κ3) is 4.29. The van der Waals surface area contributed by atoms with E-state index in [-0.39, 0.29) is 28.9 Å². The van der Waals surface area contributed by atoms with Crippen LogP contribution in [0.3, 0.4) is 0 Å². The molecule has 0 saturated carbocycles. The molecule has 4 rings (SSSR count). The van der Waals surface area contributed by atoms with Crippen molar-refractivity contribution in [2.24, 2.45) is 0 Å². The van der Waals surface area contributed by atoms with Crippen LogP contribution in [0.15, 0.2) is 42.5 Å². The first-order valence-corrected chi connectivity index (χ1v) is 10.7. The number of aromatic nitrogens is 3. The van der Waals surface area contributed by atoms with Gasteiger partial charge in [0.25, 0.3) is 5.91 Å². The zero-order valence-electron chi connectivity index (χ0n) is 17.7. The van der Waals surface area contributed by atoms with Gasteiger partial charge >= 0.3 is 0 Å². The van der Waals surface area contributed by atoms with Gasteiger partial charge in [0.1, 0.15) is 11.3 Å². The first-order valence-electron chi connectivity index (χ1n) is 9.92. The molecule has 2 aromatic carbocycles. The summed E-state index contributed by atoms with van der Waals surface area (Å²) in [5.74, 6) is -1.94. The highest BCUT2D eigenvalue weighted by Gasteiger charge is 2.23. The Morgan fingerprint density at radius 1 is 1.06 bits per heavy atom. The van der Waals surface area contributed by atoms with Crippen molar-refractivity contribution in [3.8, 4) is 0 Å². The number of fused-ring (bicyclic) bond motifs is 1. The Labute approximate surface area is 187 Å². The van der Waals surface area contributed by atoms with Crippen LogP contribution in [-0.4, -0.2) is 33.0 Å². The first kappa shape index (κ1) is 21.8. The normalized spacial score (nSPS) is 11.2. The smallest absolute Gasteiger partial charge is 0.260 e. The number of hydrogen-bond acceptors (Lipinski definition) is 5. The zero-order chi connectivity index (χ0) is 23.0. The van der Waals surface area contributed by atoms with Gasteiger partial charge in [-0.15, -0.1) is 0 Å². The van der Waals surface area contributed by atoms with E-state index in [1.165, 1.54) is 17.9 Å². The molecule has 4 aromatic rings. The van der Waals surface area contributed by atoms with Crippen LogP contribution in [0.25, 0.3) is 10.2 Å². The Bertz CT molecular complexity index is 1330. The maximum absolute atomic E-state index is 14.2. The van der Waals surface area contributed by atoms with Crippen LogP contribution in [0.2, 0.25) is 0 Å². The molecule has 6 nitrogen and oxygen atoms in total. The Kier molecular flexibility index (Phi) is 5.84. The minimum absolute atomic E-state index is 0.0160. The van der Waals surface area contributed by atoms with Gasteiger partial charge in [-0.05, 0) is 45.0 Å². The monoisotopic (exact) mass is 454 g/mol. The van der Waals surface area contributed by atoms with Crippen molar-refractivity contribution in [2.45, 2.75) is 27.3 Å². The van der Waals surface area contributed by atoms with Crippen LogP contribution in [0.5, 0.6) is 0 Å². The number of thiazole rings is 1. The van der Waals surface area contributed by atoms with Gasteiger partial charge in [0, 0.05) is 29.4 Å². The maximum atomic E-state index is 14.2. The lowest BCUT2D eigenvalue weighted by Crippen LogP contribution is -2.34. The number of Topliss-reactive ketones (excluding diaryl/α,β-unsaturated/α-hetero) is 1. The SMILES string of the molecule is CC(=O)c1ccc(C(=O)N(CCn2nc(C)cc2C)c2nc3c(F)cc(F)cc3s2)cc1. The lowest BCUT2D eigenvalue weighted by molar-refractivity contribution is 0.0981. The number of benzene rings is 2. The van der Waals surface area contributed by atoms with Gasteiger partial charge in [0.15, 0.2) is 16.7 Å². The molecule has 0 spiro atoms. The van der Waals surface area contributed by atoms with Crippen LogP contribution in [0.4, 0.5) is 13.9 Å². The number of aryl methyl sites for hydroxylation is 2. The van der Waals surface area contributed by atoms with Crippen molar-refractivity contribution in [2.75, 3.05) is 11.4 Å². The summed E-state index contributed by atoms with van der Waals surface area (Å²) in [6, 6.07) is 10.2. The summed E-state index contributed by atoms with van der Waals surface area (Å²) < 4.78 is 30.0. The van der Waals surface area contributed by atoms with Gasteiger partial charge in [-0.1, -0.05) is 23.5 Å². The van der Waals surface area contributed by atoms with Gasteiger partial charge in [-0.3, -0.25) is 19.2 Å². The molecule has 164 valence electrons. The highest BCUT2D eigenvalue weighted by Crippen LogP contribution is 2.32. The van der Waals surface area contributed by atoms with Gasteiger partial charge < -0.3 is 0 Å². The fourth-order valence-corrected chi connectivity index (χ4v) is 4.47. The number of carbonyl (C=O) groups is 2. The average Bonchev–Trinajstić information content (AvgIpc) is 3.30. The molecule has 0 fully saturated rings. The molecular formula is C23H20F2N4O2S. The lowest BCUT2D eigenvalue weighted by Gasteiger charge is -2.20. The molecule has 9 heteroatoms. The molecule has 0 radical (unpaired) electrons. The third-order valence-electron chi connectivity index (χ3n) is 5.06. The molecule has 0 aliphatic rings. The molecule has 2 aromatic heterocycles. The molecule has 0 unspecified atom stereocenters. The van der Waals surface area contributed by atoms with Crippen LogP contribution in [0.1, 0.15) is 39.0 Å². The largest absolute Gasteiger partial charge is 0.295 e. The van der Waals surface area contributed by atoms with Crippen LogP contribution in [-0.2, 0) is 6.54 Å². The van der Waals surface area contributed by atoms with E-state index in [0.717, 1.165) is 28.8 Å². The van der Waals surface area contributed by atoms with E-state index >= 15 is 0 Å². The molecule has 0 aliphatic carbocycles. The number of anilines is 1. The van der Waals surface area contributed by atoms with Crippen molar-refractivity contribution in [1.82, 2.24) is 14.8 Å². The van der Waals surface area contributed by atoms with Gasteiger partial charge in [0.05, 0.1) is 16.9 Å². The maximum Gasteiger partial charge on any atom is 0.260 e. The lowest BCUT2D eigenvalue weighted by atomic mass is 10.1. The Morgan fingerprint density at radius 2 is 1.75 bits per heavy atom. The predicted molar refractivity (Wildman–Crippen MR) is 119 cm³/mol. The van der Waals surface area contributed by atoms with E-state index in [4.69, 9.17) is 0 Å². The molecule has 2 heterocycles. The fourth-order valence-electron chi connectivity index (χ4n) is 3.44. The molecule has 0 bridgehead atoms. The molecule has 0 aliphatic heterocycles. The number of amides is 1. The van der Waals surface area contributed by atoms with E-state index in [9.17, 15) is 18.4 Å². The minimum atomic E-state index is -0.778. The van der Waals surface area contributed by atoms with E-state index < -0.39 is 11.6 Å². The van der Waals surface area contributed by atoms with E-state index in [1.54, 1.807) is 28.9 Å². The highest BCUT2D eigenvalue weighted by molar-refractivity contribution is 7.22. The standard InChI is InChI=1S/C23H20F2N4O2S/c1-13-10-14(2)29(27-13)9-8-28(22(31)17-6-4-16(5-7-17)15(3)30)23-26-21-19(25)11-18(24)12-20(21)32-23/h4-7,10-12H,8-9H2,1-3H3. The number of rotatable bonds is 6. The van der Waals surface area contributed by atoms with Gasteiger partial charge in [0.2, 0.25) is 0 Å². The molecule has 1 amide bonds. The second-order valence-corrected chi connectivity index (χ2v) is 8.48. The topological polar surface area (TPSA) is 68.1 Å². The number of hydrogen-bond donors (Lipinski definition) is 0. The second kappa shape index (κ2) is 8.58. The summed E-state index contributed by atoms with van der Waals surface area (Å²) in [5.41, 5.74) is 2.67. The van der Waals surface area contributed by atoms with Crippen LogP contribution in [0, 0.1) is 25.5 Å². The van der Waals surface area contributed by atoms with Crippen molar-refractivity contribution >= 4 is 38.4 Å². The summed E-state index contributed by atoms with van der Waals surface area (Å²) in [6.07, 6.45) is 0. The summed E-state index contributed by atoms with van der Waals surface area (Å²) in [5, 5.41) is 4.68. The first-order chi connectivity index (χ1) is 15.2. The third-order valence-corrected chi connectivity index (χ3v) is 6.08. The molecule has 0 atom stereocenters. The summed E-state index contributed by atoms with van der Waals surface area (Å²) in [4.78, 5) is 30.6. The quantitative estimate of drug-likeness (QED) is 0.387. The average molecular weight is 455 g/mol. The number of ketones is 1. The van der Waals surface area contributed by atoms with Gasteiger partial charge in [-0.2, -0.15) is 5.10 Å². The summed E-state index contributed by atoms with van der Waals surface area (Å²) in [6.45, 7) is 5.87. The van der Waals surface area contributed by atoms with Crippen molar-refractivity contribution in [1.29, 1.82) is 0 Å². The Hall–Kier alpha value is -3.46. The fraction of sp³-hybridized carbons (Fsp3) is 0.217. The molecule has 0 N–H and O–H groups in total.